The molecule has 0 bridgehead atoms. The number of nitrogens with one attached hydrogen (secondary N) is 1. The molecule has 0 aliphatic rings. The number of aromatic nitrogens is 2. The first kappa shape index (κ1) is 11.5. The van der Waals surface area contributed by atoms with Crippen molar-refractivity contribution in [2.75, 3.05) is 0 Å². The molecular weight excluding hydrogens is 272 g/mol. The lowest BCUT2D eigenvalue weighted by Gasteiger charge is -2.05. The minimum atomic E-state index is -2.22. The molecule has 0 unspecified atom stereocenters. The highest BCUT2D eigenvalue weighted by Crippen LogP contribution is 2.12. The summed E-state index contributed by atoms with van der Waals surface area (Å²) in [7, 11) is 0. The Morgan fingerprint density at radius 2 is 1.95 bits per heavy atom. The molecule has 0 atom stereocenters. The van der Waals surface area contributed by atoms with E-state index in [1.54, 1.807) is 0 Å². The Bertz CT molecular complexity index is 800. The molecule has 0 aliphatic heterocycles. The number of hydrogen-bond acceptors (Lipinski definition) is 4. The van der Waals surface area contributed by atoms with Gasteiger partial charge in [-0.2, -0.15) is 0 Å². The second-order valence-corrected chi connectivity index (χ2v) is 3.83. The highest BCUT2D eigenvalue weighted by molar-refractivity contribution is 5.94. The number of nitrogens with zero attached hydrogens (tertiary/aromatic N) is 3. The predicted molar refractivity (Wildman–Crippen MR) is 72.9 cm³/mol. The second-order valence-electron chi connectivity index (χ2n) is 3.83. The first-order valence-electron chi connectivity index (χ1n) is 6.69. The number of benzene rings is 1. The van der Waals surface area contributed by atoms with Gasteiger partial charge in [0, 0.05) is 12.6 Å². The van der Waals surface area contributed by atoms with Crippen molar-refractivity contribution >= 4 is 17.6 Å². The summed E-state index contributed by atoms with van der Waals surface area (Å²) >= 11 is 0. The van der Waals surface area contributed by atoms with E-state index < -0.39 is 18.4 Å². The lowest BCUT2D eigenvalue weighted by Crippen LogP contribution is -2.24. The van der Waals surface area contributed by atoms with Gasteiger partial charge in [0.2, 0.25) is 0 Å². The van der Waals surface area contributed by atoms with Crippen LogP contribution in [-0.4, -0.2) is 27.0 Å². The maximum atomic E-state index is 12.0. The lowest BCUT2D eigenvalue weighted by molar-refractivity contribution is 0.0690. The summed E-state index contributed by atoms with van der Waals surface area (Å²) in [5, 5.41) is 11.0. The number of amides is 1. The molecule has 7 heteroatoms. The van der Waals surface area contributed by atoms with Gasteiger partial charge < -0.3 is 10.4 Å². The third-order valence-corrected chi connectivity index (χ3v) is 2.44. The minimum Gasteiger partial charge on any atom is -0.477 e. The molecule has 0 spiro atoms. The fourth-order valence-corrected chi connectivity index (χ4v) is 1.41. The van der Waals surface area contributed by atoms with Crippen molar-refractivity contribution in [2.45, 2.75) is 6.50 Å². The Kier molecular flexibility index (Phi) is 3.44. The van der Waals surface area contributed by atoms with Crippen LogP contribution in [0.3, 0.4) is 0 Å². The maximum Gasteiger partial charge on any atom is 0.354 e. The zero-order valence-electron chi connectivity index (χ0n) is 12.6. The monoisotopic (exact) mass is 284 g/mol. The average molecular weight is 284 g/mol. The number of aromatic carboxylic acids is 1. The first-order chi connectivity index (χ1) is 10.8. The Morgan fingerprint density at radius 1 is 1.29 bits per heavy atom. The van der Waals surface area contributed by atoms with Crippen LogP contribution in [0.1, 0.15) is 29.3 Å². The number of carbonyl (C=O) groups excluding carboxylic acids is 1. The Balaban J connectivity index is 2.22. The SMILES string of the molecule is [2H]C([2H])(NC(=O)c1cc(C(=O)O)ncn1)c1ccc([N+]#[C-])cc1. The van der Waals surface area contributed by atoms with Crippen molar-refractivity contribution in [3.63, 3.8) is 0 Å². The first-order valence-corrected chi connectivity index (χ1v) is 5.69. The summed E-state index contributed by atoms with van der Waals surface area (Å²) in [6, 6.07) is 6.58. The van der Waals surface area contributed by atoms with Crippen molar-refractivity contribution in [1.29, 1.82) is 0 Å². The van der Waals surface area contributed by atoms with Gasteiger partial charge in [0.25, 0.3) is 5.91 Å². The fraction of sp³-hybridized carbons (Fsp3) is 0.0714. The number of rotatable bonds is 4. The van der Waals surface area contributed by atoms with Crippen LogP contribution < -0.4 is 5.32 Å². The molecule has 1 aromatic heterocycles. The van der Waals surface area contributed by atoms with Gasteiger partial charge in [-0.05, 0) is 5.56 Å². The summed E-state index contributed by atoms with van der Waals surface area (Å²) in [5.74, 6) is -2.20. The second kappa shape index (κ2) is 6.25. The summed E-state index contributed by atoms with van der Waals surface area (Å²) in [4.78, 5) is 33.2. The van der Waals surface area contributed by atoms with Crippen LogP contribution in [0.15, 0.2) is 36.7 Å². The molecule has 1 heterocycles. The highest BCUT2D eigenvalue weighted by Gasteiger charge is 2.11. The lowest BCUT2D eigenvalue weighted by atomic mass is 10.2. The van der Waals surface area contributed by atoms with Crippen molar-refractivity contribution in [2.24, 2.45) is 0 Å². The van der Waals surface area contributed by atoms with Crippen LogP contribution in [0.4, 0.5) is 5.69 Å². The average Bonchev–Trinajstić information content (AvgIpc) is 2.54. The van der Waals surface area contributed by atoms with Gasteiger partial charge in [-0.25, -0.2) is 19.6 Å². The van der Waals surface area contributed by atoms with E-state index in [-0.39, 0.29) is 17.0 Å². The van der Waals surface area contributed by atoms with E-state index in [1.165, 1.54) is 24.3 Å². The van der Waals surface area contributed by atoms with E-state index in [0.717, 1.165) is 12.4 Å². The number of carboxylic acids is 1. The van der Waals surface area contributed by atoms with Crippen LogP contribution >= 0.6 is 0 Å². The smallest absolute Gasteiger partial charge is 0.354 e. The van der Waals surface area contributed by atoms with Crippen molar-refractivity contribution < 1.29 is 17.4 Å². The van der Waals surface area contributed by atoms with Crippen molar-refractivity contribution in [3.8, 4) is 0 Å². The van der Waals surface area contributed by atoms with Crippen LogP contribution in [-0.2, 0) is 6.50 Å². The van der Waals surface area contributed by atoms with Gasteiger partial charge in [-0.1, -0.05) is 24.3 Å². The predicted octanol–water partition coefficient (Wildman–Crippen LogP) is 1.66. The van der Waals surface area contributed by atoms with Gasteiger partial charge in [-0.15, -0.1) is 0 Å². The van der Waals surface area contributed by atoms with Crippen LogP contribution in [0.25, 0.3) is 4.85 Å². The molecule has 0 saturated carbocycles. The summed E-state index contributed by atoms with van der Waals surface area (Å²) < 4.78 is 15.8. The Labute approximate surface area is 122 Å². The molecule has 21 heavy (non-hydrogen) atoms. The van der Waals surface area contributed by atoms with Gasteiger partial charge >= 0.3 is 5.97 Å². The standard InChI is InChI=1S/C14H10N4O3/c1-15-10-4-2-9(3-5-10)7-16-13(19)11-6-12(14(20)21)18-8-17-11/h2-6,8H,7H2,(H,16,19)(H,20,21)/i7D2. The maximum absolute atomic E-state index is 12.0. The highest BCUT2D eigenvalue weighted by atomic mass is 16.4. The van der Waals surface area contributed by atoms with Crippen molar-refractivity contribution in [1.82, 2.24) is 15.3 Å². The molecule has 7 nitrogen and oxygen atoms in total. The van der Waals surface area contributed by atoms with E-state index >= 15 is 0 Å². The van der Waals surface area contributed by atoms with Gasteiger partial charge in [0.15, 0.2) is 11.4 Å². The molecule has 0 saturated heterocycles. The van der Waals surface area contributed by atoms with Crippen molar-refractivity contribution in [3.05, 3.63) is 65.0 Å². The Morgan fingerprint density at radius 3 is 2.57 bits per heavy atom. The van der Waals surface area contributed by atoms with E-state index in [4.69, 9.17) is 14.4 Å². The van der Waals surface area contributed by atoms with Crippen LogP contribution in [0.2, 0.25) is 0 Å². The molecule has 2 N–H and O–H groups in total. The number of hydrogen-bond donors (Lipinski definition) is 2. The summed E-state index contributed by atoms with van der Waals surface area (Å²) in [6.07, 6.45) is 0.915. The number of carbonyl (C=O) groups is 2. The molecule has 0 aliphatic carbocycles. The molecule has 104 valence electrons. The quantitative estimate of drug-likeness (QED) is 0.832. The van der Waals surface area contributed by atoms with E-state index in [0.29, 0.717) is 5.69 Å². The topological polar surface area (TPSA) is 96.5 Å². The molecular formula is C14H10N4O3. The third-order valence-electron chi connectivity index (χ3n) is 2.44. The summed E-state index contributed by atoms with van der Waals surface area (Å²) in [5.41, 5.74) is -0.144. The number of carboxylic acid groups (broad SMARTS) is 1. The van der Waals surface area contributed by atoms with E-state index in [9.17, 15) is 9.59 Å². The largest absolute Gasteiger partial charge is 0.477 e. The normalized spacial score (nSPS) is 11.8. The molecule has 0 fully saturated rings. The van der Waals surface area contributed by atoms with Gasteiger partial charge in [0.05, 0.1) is 9.31 Å². The van der Waals surface area contributed by atoms with E-state index in [2.05, 4.69) is 20.1 Å². The zero-order valence-corrected chi connectivity index (χ0v) is 10.6. The zero-order chi connectivity index (χ0) is 17.0. The Hall–Kier alpha value is -3.27. The third kappa shape index (κ3) is 3.61. The molecule has 0 radical (unpaired) electrons. The van der Waals surface area contributed by atoms with Crippen LogP contribution in [0.5, 0.6) is 0 Å². The summed E-state index contributed by atoms with van der Waals surface area (Å²) in [6.45, 7) is 4.63. The molecule has 2 rings (SSSR count). The molecule has 1 aromatic carbocycles. The molecule has 1 amide bonds. The molecule has 2 aromatic rings. The van der Waals surface area contributed by atoms with Gasteiger partial charge in [-0.3, -0.25) is 4.79 Å². The van der Waals surface area contributed by atoms with Crippen LogP contribution in [0, 0.1) is 6.57 Å². The van der Waals surface area contributed by atoms with E-state index in [1.807, 2.05) is 0 Å². The van der Waals surface area contributed by atoms with Gasteiger partial charge in [0.1, 0.15) is 12.0 Å². The fourth-order valence-electron chi connectivity index (χ4n) is 1.41. The minimum absolute atomic E-state index is 0.144.